The summed E-state index contributed by atoms with van der Waals surface area (Å²) in [5, 5.41) is 4.51. The number of anilines is 2. The van der Waals surface area contributed by atoms with Gasteiger partial charge >= 0.3 is 0 Å². The van der Waals surface area contributed by atoms with Crippen molar-refractivity contribution in [3.05, 3.63) is 47.5 Å². The number of pyridine rings is 1. The Hall–Kier alpha value is -2.63. The molecule has 0 amide bonds. The summed E-state index contributed by atoms with van der Waals surface area (Å²) in [6, 6.07) is 4.10. The Balaban J connectivity index is 1.65. The van der Waals surface area contributed by atoms with E-state index >= 15 is 0 Å². The highest BCUT2D eigenvalue weighted by Crippen LogP contribution is 2.26. The molecule has 0 atom stereocenters. The number of rotatable bonds is 2. The molecule has 6 nitrogen and oxygen atoms in total. The molecule has 0 aromatic carbocycles. The molecule has 3 aromatic heterocycles. The van der Waals surface area contributed by atoms with E-state index in [9.17, 15) is 0 Å². The second kappa shape index (κ2) is 6.35. The van der Waals surface area contributed by atoms with Crippen molar-refractivity contribution < 1.29 is 0 Å². The molecule has 0 N–H and O–H groups in total. The Labute approximate surface area is 148 Å². The van der Waals surface area contributed by atoms with E-state index in [-0.39, 0.29) is 0 Å². The molecule has 25 heavy (non-hydrogen) atoms. The monoisotopic (exact) mass is 336 g/mol. The van der Waals surface area contributed by atoms with E-state index < -0.39 is 0 Å². The Kier molecular flexibility index (Phi) is 4.03. The predicted molar refractivity (Wildman–Crippen MR) is 100 cm³/mol. The summed E-state index contributed by atoms with van der Waals surface area (Å²) in [7, 11) is 0. The van der Waals surface area contributed by atoms with Gasteiger partial charge in [-0.2, -0.15) is 9.61 Å². The minimum atomic E-state index is 0.921. The molecule has 1 saturated heterocycles. The molecule has 4 heterocycles. The van der Waals surface area contributed by atoms with Gasteiger partial charge in [-0.25, -0.2) is 4.98 Å². The molecule has 0 unspecified atom stereocenters. The molecule has 0 bridgehead atoms. The topological polar surface area (TPSA) is 49.6 Å². The zero-order valence-electron chi connectivity index (χ0n) is 15.1. The third-order valence-electron chi connectivity index (χ3n) is 5.11. The average molecular weight is 336 g/mol. The first-order valence-electron chi connectivity index (χ1n) is 8.86. The highest BCUT2D eigenvalue weighted by molar-refractivity contribution is 5.57. The van der Waals surface area contributed by atoms with Gasteiger partial charge in [-0.1, -0.05) is 0 Å². The van der Waals surface area contributed by atoms with Crippen LogP contribution in [0.5, 0.6) is 0 Å². The molecule has 4 rings (SSSR count). The van der Waals surface area contributed by atoms with Crippen LogP contribution in [0, 0.1) is 20.8 Å². The summed E-state index contributed by atoms with van der Waals surface area (Å²) in [5.41, 5.74) is 5.74. The lowest BCUT2D eigenvalue weighted by Gasteiger charge is -2.27. The molecule has 0 aliphatic carbocycles. The van der Waals surface area contributed by atoms with Crippen molar-refractivity contribution in [2.75, 3.05) is 36.0 Å². The number of hydrogen-bond donors (Lipinski definition) is 0. The second-order valence-electron chi connectivity index (χ2n) is 6.74. The summed E-state index contributed by atoms with van der Waals surface area (Å²) in [6.45, 7) is 10.4. The van der Waals surface area contributed by atoms with Gasteiger partial charge in [-0.05, 0) is 38.8 Å². The van der Waals surface area contributed by atoms with Gasteiger partial charge in [0.2, 0.25) is 0 Å². The SMILES string of the molecule is Cc1cnccc1N1CCCN(c2c(C)c(C)nc3ccnn23)CC1. The second-order valence-corrected chi connectivity index (χ2v) is 6.74. The Morgan fingerprint density at radius 1 is 0.920 bits per heavy atom. The number of nitrogens with zero attached hydrogens (tertiary/aromatic N) is 6. The van der Waals surface area contributed by atoms with Crippen LogP contribution in [0.3, 0.4) is 0 Å². The van der Waals surface area contributed by atoms with Crippen molar-refractivity contribution in [2.45, 2.75) is 27.2 Å². The van der Waals surface area contributed by atoms with Crippen LogP contribution in [0.1, 0.15) is 23.2 Å². The Morgan fingerprint density at radius 2 is 1.72 bits per heavy atom. The van der Waals surface area contributed by atoms with E-state index in [4.69, 9.17) is 0 Å². The van der Waals surface area contributed by atoms with Crippen LogP contribution in [-0.4, -0.2) is 45.8 Å². The lowest BCUT2D eigenvalue weighted by molar-refractivity contribution is 0.761. The van der Waals surface area contributed by atoms with Crippen LogP contribution in [0.25, 0.3) is 5.65 Å². The molecular weight excluding hydrogens is 312 g/mol. The van der Waals surface area contributed by atoms with Crippen molar-refractivity contribution in [3.63, 3.8) is 0 Å². The van der Waals surface area contributed by atoms with Crippen molar-refractivity contribution in [1.82, 2.24) is 19.6 Å². The molecule has 0 radical (unpaired) electrons. The molecule has 1 fully saturated rings. The largest absolute Gasteiger partial charge is 0.369 e. The average Bonchev–Trinajstić information content (AvgIpc) is 2.92. The van der Waals surface area contributed by atoms with E-state index in [1.165, 1.54) is 22.6 Å². The van der Waals surface area contributed by atoms with Gasteiger partial charge in [-0.15, -0.1) is 0 Å². The van der Waals surface area contributed by atoms with E-state index in [2.05, 4.69) is 51.7 Å². The van der Waals surface area contributed by atoms with Crippen molar-refractivity contribution in [1.29, 1.82) is 0 Å². The fourth-order valence-electron chi connectivity index (χ4n) is 3.68. The van der Waals surface area contributed by atoms with Crippen LogP contribution >= 0.6 is 0 Å². The van der Waals surface area contributed by atoms with Gasteiger partial charge in [0.15, 0.2) is 5.65 Å². The van der Waals surface area contributed by atoms with E-state index in [1.54, 1.807) is 0 Å². The summed E-state index contributed by atoms with van der Waals surface area (Å²) >= 11 is 0. The molecule has 1 aliphatic heterocycles. The molecule has 6 heteroatoms. The third-order valence-corrected chi connectivity index (χ3v) is 5.11. The van der Waals surface area contributed by atoms with Gasteiger partial charge in [0.05, 0.1) is 6.20 Å². The zero-order valence-corrected chi connectivity index (χ0v) is 15.1. The van der Waals surface area contributed by atoms with E-state index in [1.807, 2.05) is 29.2 Å². The number of fused-ring (bicyclic) bond motifs is 1. The van der Waals surface area contributed by atoms with E-state index in [0.29, 0.717) is 0 Å². The summed E-state index contributed by atoms with van der Waals surface area (Å²) in [5.74, 6) is 1.18. The number of hydrogen-bond acceptors (Lipinski definition) is 5. The van der Waals surface area contributed by atoms with Crippen LogP contribution in [0.4, 0.5) is 11.5 Å². The van der Waals surface area contributed by atoms with Crippen molar-refractivity contribution >= 4 is 17.2 Å². The summed E-state index contributed by atoms with van der Waals surface area (Å²) < 4.78 is 1.98. The summed E-state index contributed by atoms with van der Waals surface area (Å²) in [4.78, 5) is 13.8. The number of aromatic nitrogens is 4. The first kappa shape index (κ1) is 15.9. The normalized spacial score (nSPS) is 15.6. The van der Waals surface area contributed by atoms with Crippen molar-refractivity contribution in [2.24, 2.45) is 0 Å². The lowest BCUT2D eigenvalue weighted by Crippen LogP contribution is -2.32. The predicted octanol–water partition coefficient (Wildman–Crippen LogP) is 2.77. The third kappa shape index (κ3) is 2.81. The van der Waals surface area contributed by atoms with Crippen molar-refractivity contribution in [3.8, 4) is 0 Å². The Bertz CT molecular complexity index is 900. The van der Waals surface area contributed by atoms with Gasteiger partial charge in [0.25, 0.3) is 0 Å². The van der Waals surface area contributed by atoms with Crippen LogP contribution in [-0.2, 0) is 0 Å². The smallest absolute Gasteiger partial charge is 0.157 e. The highest BCUT2D eigenvalue weighted by Gasteiger charge is 2.21. The van der Waals surface area contributed by atoms with Gasteiger partial charge < -0.3 is 9.80 Å². The zero-order chi connectivity index (χ0) is 17.4. The van der Waals surface area contributed by atoms with Gasteiger partial charge in [0, 0.05) is 61.6 Å². The molecule has 130 valence electrons. The quantitative estimate of drug-likeness (QED) is 0.720. The lowest BCUT2D eigenvalue weighted by atomic mass is 10.2. The maximum absolute atomic E-state index is 4.64. The fraction of sp³-hybridized carbons (Fsp3) is 0.421. The number of aryl methyl sites for hydroxylation is 2. The van der Waals surface area contributed by atoms with Crippen LogP contribution < -0.4 is 9.80 Å². The first-order chi connectivity index (χ1) is 12.1. The Morgan fingerprint density at radius 3 is 2.56 bits per heavy atom. The van der Waals surface area contributed by atoms with Gasteiger partial charge in [-0.3, -0.25) is 4.98 Å². The standard InChI is InChI=1S/C19H24N6/c1-14-13-20-7-5-17(14)23-9-4-10-24(12-11-23)19-15(2)16(3)22-18-6-8-21-25(18)19/h5-8,13H,4,9-12H2,1-3H3. The van der Waals surface area contributed by atoms with Gasteiger partial charge in [0.1, 0.15) is 5.82 Å². The summed E-state index contributed by atoms with van der Waals surface area (Å²) in [6.07, 6.45) is 6.77. The fourth-order valence-corrected chi connectivity index (χ4v) is 3.68. The molecule has 0 spiro atoms. The van der Waals surface area contributed by atoms with Crippen LogP contribution in [0.2, 0.25) is 0 Å². The molecule has 0 saturated carbocycles. The molecular formula is C19H24N6. The molecule has 1 aliphatic rings. The van der Waals surface area contributed by atoms with Crippen LogP contribution in [0.15, 0.2) is 30.7 Å². The maximum Gasteiger partial charge on any atom is 0.157 e. The first-order valence-corrected chi connectivity index (χ1v) is 8.86. The maximum atomic E-state index is 4.64. The van der Waals surface area contributed by atoms with E-state index in [0.717, 1.165) is 43.9 Å². The highest BCUT2D eigenvalue weighted by atomic mass is 15.4. The minimum absolute atomic E-state index is 0.921. The molecule has 3 aromatic rings. The minimum Gasteiger partial charge on any atom is -0.369 e.